The van der Waals surface area contributed by atoms with Gasteiger partial charge in [0.25, 0.3) is 0 Å². The Morgan fingerprint density at radius 3 is 2.57 bits per heavy atom. The van der Waals surface area contributed by atoms with E-state index >= 15 is 0 Å². The lowest BCUT2D eigenvalue weighted by Gasteiger charge is -2.13. The van der Waals surface area contributed by atoms with E-state index in [0.29, 0.717) is 5.76 Å². The van der Waals surface area contributed by atoms with E-state index in [1.165, 1.54) is 32.3 Å². The first-order valence-corrected chi connectivity index (χ1v) is 10.00. The summed E-state index contributed by atoms with van der Waals surface area (Å²) in [7, 11) is -1.04. The number of oxazole rings is 1. The molecule has 0 saturated carbocycles. The van der Waals surface area contributed by atoms with E-state index in [4.69, 9.17) is 20.8 Å². The second kappa shape index (κ2) is 8.14. The van der Waals surface area contributed by atoms with Crippen molar-refractivity contribution < 1.29 is 22.4 Å². The standard InChI is InChI=1S/C19H17ClN2O5S/c1-22(2)28(24,25)17-10-14(8-9-15(17)20)19(23)26-12-18-21-11-16(27-18)13-6-4-3-5-7-13/h3-11H,12H2,1-2H3. The van der Waals surface area contributed by atoms with E-state index < -0.39 is 16.0 Å². The van der Waals surface area contributed by atoms with Gasteiger partial charge in [0, 0.05) is 19.7 Å². The van der Waals surface area contributed by atoms with Crippen LogP contribution in [0.5, 0.6) is 0 Å². The molecule has 1 heterocycles. The molecule has 3 rings (SSSR count). The van der Waals surface area contributed by atoms with E-state index in [1.807, 2.05) is 30.3 Å². The zero-order valence-corrected chi connectivity index (χ0v) is 16.7. The average molecular weight is 421 g/mol. The van der Waals surface area contributed by atoms with E-state index in [0.717, 1.165) is 9.87 Å². The Morgan fingerprint density at radius 2 is 1.89 bits per heavy atom. The second-order valence-corrected chi connectivity index (χ2v) is 8.52. The smallest absolute Gasteiger partial charge is 0.338 e. The molecular weight excluding hydrogens is 404 g/mol. The minimum absolute atomic E-state index is 0.0189. The first-order chi connectivity index (χ1) is 13.3. The number of esters is 1. The molecule has 0 bridgehead atoms. The van der Waals surface area contributed by atoms with Crippen LogP contribution in [0.25, 0.3) is 11.3 Å². The lowest BCUT2D eigenvalue weighted by atomic mass is 10.2. The summed E-state index contributed by atoms with van der Waals surface area (Å²) in [6.45, 7) is -0.190. The second-order valence-electron chi connectivity index (χ2n) is 5.99. The van der Waals surface area contributed by atoms with Gasteiger partial charge in [-0.1, -0.05) is 41.9 Å². The lowest BCUT2D eigenvalue weighted by molar-refractivity contribution is 0.0438. The van der Waals surface area contributed by atoms with Crippen molar-refractivity contribution in [2.75, 3.05) is 14.1 Å². The molecule has 0 saturated heterocycles. The maximum atomic E-state index is 12.3. The largest absolute Gasteiger partial charge is 0.452 e. The number of hydrogen-bond donors (Lipinski definition) is 0. The van der Waals surface area contributed by atoms with Crippen molar-refractivity contribution in [3.63, 3.8) is 0 Å². The van der Waals surface area contributed by atoms with Gasteiger partial charge in [0.2, 0.25) is 15.9 Å². The summed E-state index contributed by atoms with van der Waals surface area (Å²) in [5, 5.41) is 0.0189. The Bertz CT molecular complexity index is 1090. The van der Waals surface area contributed by atoms with Crippen LogP contribution in [0.4, 0.5) is 0 Å². The van der Waals surface area contributed by atoms with E-state index in [-0.39, 0.29) is 28.0 Å². The highest BCUT2D eigenvalue weighted by Crippen LogP contribution is 2.25. The number of nitrogens with zero attached hydrogens (tertiary/aromatic N) is 2. The SMILES string of the molecule is CN(C)S(=O)(=O)c1cc(C(=O)OCc2ncc(-c3ccccc3)o2)ccc1Cl. The molecule has 0 aliphatic heterocycles. The highest BCUT2D eigenvalue weighted by Gasteiger charge is 2.23. The number of halogens is 1. The zero-order valence-electron chi connectivity index (χ0n) is 15.1. The number of rotatable bonds is 6. The predicted molar refractivity (Wildman–Crippen MR) is 103 cm³/mol. The van der Waals surface area contributed by atoms with Crippen LogP contribution < -0.4 is 0 Å². The molecule has 0 fully saturated rings. The summed E-state index contributed by atoms with van der Waals surface area (Å²) in [5.41, 5.74) is 0.906. The van der Waals surface area contributed by atoms with Crippen LogP contribution in [0.3, 0.4) is 0 Å². The molecule has 9 heteroatoms. The quantitative estimate of drug-likeness (QED) is 0.566. The normalized spacial score (nSPS) is 11.6. The van der Waals surface area contributed by atoms with Crippen molar-refractivity contribution in [2.24, 2.45) is 0 Å². The molecule has 3 aromatic rings. The summed E-state index contributed by atoms with van der Waals surface area (Å²) in [6.07, 6.45) is 1.54. The van der Waals surface area contributed by atoms with Gasteiger partial charge in [0.15, 0.2) is 12.4 Å². The van der Waals surface area contributed by atoms with Gasteiger partial charge in [-0.15, -0.1) is 0 Å². The van der Waals surface area contributed by atoms with Crippen LogP contribution in [0.15, 0.2) is 64.0 Å². The molecule has 0 radical (unpaired) electrons. The van der Waals surface area contributed by atoms with Gasteiger partial charge in [-0.3, -0.25) is 0 Å². The van der Waals surface area contributed by atoms with Gasteiger partial charge in [-0.05, 0) is 18.2 Å². The summed E-state index contributed by atoms with van der Waals surface area (Å²) in [4.78, 5) is 16.2. The molecule has 0 spiro atoms. The maximum Gasteiger partial charge on any atom is 0.338 e. The van der Waals surface area contributed by atoms with Gasteiger partial charge >= 0.3 is 5.97 Å². The molecule has 2 aromatic carbocycles. The summed E-state index contributed by atoms with van der Waals surface area (Å²) in [6, 6.07) is 13.3. The minimum atomic E-state index is -3.80. The van der Waals surface area contributed by atoms with Crippen LogP contribution in [0.2, 0.25) is 5.02 Å². The van der Waals surface area contributed by atoms with Crippen molar-refractivity contribution in [1.82, 2.24) is 9.29 Å². The van der Waals surface area contributed by atoms with Gasteiger partial charge in [0.1, 0.15) is 4.90 Å². The van der Waals surface area contributed by atoms with Crippen molar-refractivity contribution >= 4 is 27.6 Å². The number of carbonyl (C=O) groups excluding carboxylic acids is 1. The molecule has 0 aliphatic carbocycles. The molecule has 7 nitrogen and oxygen atoms in total. The number of sulfonamides is 1. The van der Waals surface area contributed by atoms with Crippen LogP contribution >= 0.6 is 11.6 Å². The van der Waals surface area contributed by atoms with E-state index in [2.05, 4.69) is 4.98 Å². The van der Waals surface area contributed by atoms with Crippen LogP contribution in [-0.4, -0.2) is 37.8 Å². The lowest BCUT2D eigenvalue weighted by Crippen LogP contribution is -2.23. The van der Waals surface area contributed by atoms with Crippen LogP contribution in [0, 0.1) is 0 Å². The van der Waals surface area contributed by atoms with Gasteiger partial charge in [-0.2, -0.15) is 0 Å². The molecule has 146 valence electrons. The molecule has 0 aliphatic rings. The fourth-order valence-corrected chi connectivity index (χ4v) is 3.74. The molecule has 28 heavy (non-hydrogen) atoms. The molecule has 0 atom stereocenters. The van der Waals surface area contributed by atoms with Crippen LogP contribution in [0.1, 0.15) is 16.2 Å². The zero-order chi connectivity index (χ0) is 20.3. The fourth-order valence-electron chi connectivity index (χ4n) is 2.35. The van der Waals surface area contributed by atoms with Crippen molar-refractivity contribution in [1.29, 1.82) is 0 Å². The predicted octanol–water partition coefficient (Wildman–Crippen LogP) is 3.60. The van der Waals surface area contributed by atoms with Crippen molar-refractivity contribution in [3.05, 3.63) is 71.2 Å². The minimum Gasteiger partial charge on any atom is -0.452 e. The number of ether oxygens (including phenoxy) is 1. The maximum absolute atomic E-state index is 12.3. The Kier molecular flexibility index (Phi) is 5.83. The summed E-state index contributed by atoms with van der Waals surface area (Å²) in [5.74, 6) is 0.0612. The molecular formula is C19H17ClN2O5S. The van der Waals surface area contributed by atoms with E-state index in [9.17, 15) is 13.2 Å². The number of carbonyl (C=O) groups is 1. The number of hydrogen-bond acceptors (Lipinski definition) is 6. The molecule has 0 unspecified atom stereocenters. The molecule has 1 aromatic heterocycles. The Morgan fingerprint density at radius 1 is 1.18 bits per heavy atom. The summed E-state index contributed by atoms with van der Waals surface area (Å²) >= 11 is 5.98. The first-order valence-electron chi connectivity index (χ1n) is 8.18. The first kappa shape index (κ1) is 20.1. The van der Waals surface area contributed by atoms with E-state index in [1.54, 1.807) is 6.20 Å². The van der Waals surface area contributed by atoms with Gasteiger partial charge in [-0.25, -0.2) is 22.5 Å². The van der Waals surface area contributed by atoms with Gasteiger partial charge < -0.3 is 9.15 Å². The van der Waals surface area contributed by atoms with Crippen molar-refractivity contribution in [3.8, 4) is 11.3 Å². The highest BCUT2D eigenvalue weighted by atomic mass is 35.5. The van der Waals surface area contributed by atoms with Crippen molar-refractivity contribution in [2.45, 2.75) is 11.5 Å². The fraction of sp³-hybridized carbons (Fsp3) is 0.158. The molecule has 0 amide bonds. The number of aromatic nitrogens is 1. The Hall–Kier alpha value is -2.68. The Labute approximate surface area is 167 Å². The molecule has 0 N–H and O–H groups in total. The monoisotopic (exact) mass is 420 g/mol. The topological polar surface area (TPSA) is 89.7 Å². The number of benzene rings is 2. The third kappa shape index (κ3) is 4.24. The summed E-state index contributed by atoms with van der Waals surface area (Å²) < 4.78 is 36.4. The van der Waals surface area contributed by atoms with Crippen LogP contribution in [-0.2, 0) is 21.4 Å². The average Bonchev–Trinajstić information content (AvgIpc) is 3.16. The highest BCUT2D eigenvalue weighted by molar-refractivity contribution is 7.89. The van der Waals surface area contributed by atoms with Gasteiger partial charge in [0.05, 0.1) is 16.8 Å². The third-order valence-electron chi connectivity index (χ3n) is 3.86. The Balaban J connectivity index is 1.73. The third-order valence-corrected chi connectivity index (χ3v) is 6.16.